The zero-order chi connectivity index (χ0) is 21.2. The molecule has 0 N–H and O–H groups in total. The van der Waals surface area contributed by atoms with Gasteiger partial charge in [-0.1, -0.05) is 50.6 Å². The summed E-state index contributed by atoms with van der Waals surface area (Å²) in [4.78, 5) is 26.7. The third-order valence-corrected chi connectivity index (χ3v) is 4.80. The van der Waals surface area contributed by atoms with Gasteiger partial charge in [-0.3, -0.25) is 14.5 Å². The number of esters is 1. The van der Waals surface area contributed by atoms with Gasteiger partial charge in [0.25, 0.3) is 5.91 Å². The summed E-state index contributed by atoms with van der Waals surface area (Å²) in [5.41, 5.74) is 2.24. The minimum atomic E-state index is -0.472. The molecule has 5 nitrogen and oxygen atoms in total. The summed E-state index contributed by atoms with van der Waals surface area (Å²) in [5.74, 6) is -0.220. The third-order valence-electron chi connectivity index (χ3n) is 4.55. The molecular formula is C23H24ClNO4. The van der Waals surface area contributed by atoms with Gasteiger partial charge in [0.1, 0.15) is 6.54 Å². The van der Waals surface area contributed by atoms with Crippen LogP contribution in [0.5, 0.6) is 5.75 Å². The van der Waals surface area contributed by atoms with E-state index >= 15 is 0 Å². The molecule has 3 rings (SSSR count). The smallest absolute Gasteiger partial charge is 0.326 e. The molecule has 2 aromatic rings. The van der Waals surface area contributed by atoms with Crippen molar-refractivity contribution in [1.29, 1.82) is 0 Å². The number of fused-ring (bicyclic) bond motifs is 1. The minimum absolute atomic E-state index is 0.118. The molecule has 1 amide bonds. The Morgan fingerprint density at radius 2 is 1.86 bits per heavy atom. The van der Waals surface area contributed by atoms with E-state index in [4.69, 9.17) is 21.1 Å². The lowest BCUT2D eigenvalue weighted by molar-refractivity contribution is -0.142. The van der Waals surface area contributed by atoms with Gasteiger partial charge in [0.05, 0.1) is 12.3 Å². The fraction of sp³-hybridized carbons (Fsp3) is 0.304. The van der Waals surface area contributed by atoms with Crippen LogP contribution in [0.15, 0.2) is 48.2 Å². The molecule has 0 bridgehead atoms. The first kappa shape index (κ1) is 20.9. The van der Waals surface area contributed by atoms with Gasteiger partial charge in [-0.15, -0.1) is 0 Å². The summed E-state index contributed by atoms with van der Waals surface area (Å²) in [6.07, 6.45) is 1.64. The average Bonchev–Trinajstić information content (AvgIpc) is 2.66. The summed E-state index contributed by atoms with van der Waals surface area (Å²) >= 11 is 5.93. The Bertz CT molecular complexity index is 958. The second kappa shape index (κ2) is 8.29. The van der Waals surface area contributed by atoms with Crippen molar-refractivity contribution in [3.8, 4) is 5.75 Å². The van der Waals surface area contributed by atoms with Crippen LogP contribution >= 0.6 is 11.6 Å². The van der Waals surface area contributed by atoms with Gasteiger partial charge in [-0.05, 0) is 53.8 Å². The number of benzene rings is 2. The van der Waals surface area contributed by atoms with Crippen molar-refractivity contribution in [1.82, 2.24) is 0 Å². The highest BCUT2D eigenvalue weighted by Gasteiger charge is 2.33. The predicted molar refractivity (Wildman–Crippen MR) is 114 cm³/mol. The molecule has 0 aliphatic carbocycles. The number of anilines is 1. The number of amides is 1. The molecule has 0 saturated heterocycles. The first-order valence-corrected chi connectivity index (χ1v) is 9.84. The monoisotopic (exact) mass is 413 g/mol. The number of ether oxygens (including phenoxy) is 2. The molecule has 152 valence electrons. The molecule has 1 aliphatic rings. The molecule has 0 aromatic heterocycles. The number of rotatable bonds is 4. The molecule has 0 saturated carbocycles. The number of nitrogens with zero attached hydrogens (tertiary/aromatic N) is 1. The van der Waals surface area contributed by atoms with E-state index in [0.29, 0.717) is 16.5 Å². The van der Waals surface area contributed by atoms with Crippen LogP contribution in [0.1, 0.15) is 38.8 Å². The van der Waals surface area contributed by atoms with E-state index < -0.39 is 11.9 Å². The molecule has 1 aliphatic heterocycles. The average molecular weight is 414 g/mol. The lowest BCUT2D eigenvalue weighted by atomic mass is 9.86. The SMILES string of the molecule is CCOC(=O)CN1C(=O)/C(=C/c2ccc(Cl)cc2)Oc2ccc(C(C)(C)C)cc21. The van der Waals surface area contributed by atoms with Crippen molar-refractivity contribution < 1.29 is 19.1 Å². The third kappa shape index (κ3) is 4.80. The Labute approximate surface area is 175 Å². The summed E-state index contributed by atoms with van der Waals surface area (Å²) in [5, 5.41) is 0.604. The summed E-state index contributed by atoms with van der Waals surface area (Å²) in [6, 6.07) is 12.8. The van der Waals surface area contributed by atoms with Crippen molar-refractivity contribution in [2.75, 3.05) is 18.1 Å². The Balaban J connectivity index is 2.04. The van der Waals surface area contributed by atoms with E-state index in [2.05, 4.69) is 20.8 Å². The molecule has 0 radical (unpaired) electrons. The number of hydrogen-bond donors (Lipinski definition) is 0. The highest BCUT2D eigenvalue weighted by molar-refractivity contribution is 6.30. The topological polar surface area (TPSA) is 55.8 Å². The van der Waals surface area contributed by atoms with Gasteiger partial charge < -0.3 is 9.47 Å². The first-order chi connectivity index (χ1) is 13.7. The highest BCUT2D eigenvalue weighted by Crippen LogP contribution is 2.39. The summed E-state index contributed by atoms with van der Waals surface area (Å²) in [6.45, 7) is 8.05. The van der Waals surface area contributed by atoms with Crippen LogP contribution < -0.4 is 9.64 Å². The lowest BCUT2D eigenvalue weighted by Crippen LogP contribution is -2.41. The predicted octanol–water partition coefficient (Wildman–Crippen LogP) is 4.97. The summed E-state index contributed by atoms with van der Waals surface area (Å²) < 4.78 is 11.0. The Morgan fingerprint density at radius 1 is 1.17 bits per heavy atom. The standard InChI is InChI=1S/C23H24ClNO4/c1-5-28-21(26)14-25-18-13-16(23(2,3)4)8-11-19(18)29-20(22(25)27)12-15-6-9-17(24)10-7-15/h6-13H,5,14H2,1-4H3/b20-12-. The van der Waals surface area contributed by atoms with Gasteiger partial charge in [-0.25, -0.2) is 0 Å². The van der Waals surface area contributed by atoms with Gasteiger partial charge in [0, 0.05) is 5.02 Å². The molecule has 0 spiro atoms. The molecule has 0 fully saturated rings. The molecule has 6 heteroatoms. The van der Waals surface area contributed by atoms with Crippen LogP contribution in [0.25, 0.3) is 6.08 Å². The van der Waals surface area contributed by atoms with Crippen LogP contribution in [-0.2, 0) is 19.7 Å². The van der Waals surface area contributed by atoms with E-state index in [1.807, 2.05) is 18.2 Å². The maximum atomic E-state index is 13.2. The van der Waals surface area contributed by atoms with E-state index in [0.717, 1.165) is 11.1 Å². The van der Waals surface area contributed by atoms with Crippen molar-refractivity contribution in [3.05, 3.63) is 64.4 Å². The fourth-order valence-corrected chi connectivity index (χ4v) is 3.11. The van der Waals surface area contributed by atoms with Gasteiger partial charge >= 0.3 is 5.97 Å². The van der Waals surface area contributed by atoms with Crippen LogP contribution in [0, 0.1) is 0 Å². The molecule has 2 aromatic carbocycles. The largest absolute Gasteiger partial charge is 0.465 e. The normalized spacial score (nSPS) is 15.1. The maximum absolute atomic E-state index is 13.2. The van der Waals surface area contributed by atoms with Crippen molar-refractivity contribution >= 4 is 35.2 Å². The molecule has 0 atom stereocenters. The number of hydrogen-bond acceptors (Lipinski definition) is 4. The Hall–Kier alpha value is -2.79. The Morgan fingerprint density at radius 3 is 2.48 bits per heavy atom. The van der Waals surface area contributed by atoms with Crippen LogP contribution in [0.2, 0.25) is 5.02 Å². The van der Waals surface area contributed by atoms with Gasteiger partial charge in [0.15, 0.2) is 11.5 Å². The molecule has 1 heterocycles. The van der Waals surface area contributed by atoms with Crippen LogP contribution in [-0.4, -0.2) is 25.0 Å². The van der Waals surface area contributed by atoms with Gasteiger partial charge in [0.2, 0.25) is 0 Å². The van der Waals surface area contributed by atoms with Crippen molar-refractivity contribution in [2.45, 2.75) is 33.1 Å². The molecule has 0 unspecified atom stereocenters. The first-order valence-electron chi connectivity index (χ1n) is 9.46. The van der Waals surface area contributed by atoms with Crippen molar-refractivity contribution in [2.24, 2.45) is 0 Å². The zero-order valence-corrected chi connectivity index (χ0v) is 17.7. The van der Waals surface area contributed by atoms with Crippen LogP contribution in [0.4, 0.5) is 5.69 Å². The molecular weight excluding hydrogens is 390 g/mol. The lowest BCUT2D eigenvalue weighted by Gasteiger charge is -2.31. The molecule has 29 heavy (non-hydrogen) atoms. The zero-order valence-electron chi connectivity index (χ0n) is 17.0. The quantitative estimate of drug-likeness (QED) is 0.524. The second-order valence-corrected chi connectivity index (χ2v) is 8.23. The van der Waals surface area contributed by atoms with E-state index in [-0.39, 0.29) is 24.3 Å². The maximum Gasteiger partial charge on any atom is 0.326 e. The van der Waals surface area contributed by atoms with Gasteiger partial charge in [-0.2, -0.15) is 0 Å². The number of carbonyl (C=O) groups is 2. The minimum Gasteiger partial charge on any atom is -0.465 e. The van der Waals surface area contributed by atoms with E-state index in [1.54, 1.807) is 37.3 Å². The Kier molecular flexibility index (Phi) is 5.99. The van der Waals surface area contributed by atoms with Crippen molar-refractivity contribution in [3.63, 3.8) is 0 Å². The summed E-state index contributed by atoms with van der Waals surface area (Å²) in [7, 11) is 0. The fourth-order valence-electron chi connectivity index (χ4n) is 2.98. The number of halogens is 1. The van der Waals surface area contributed by atoms with Crippen LogP contribution in [0.3, 0.4) is 0 Å². The van der Waals surface area contributed by atoms with E-state index in [1.165, 1.54) is 4.90 Å². The number of carbonyl (C=O) groups excluding carboxylic acids is 2. The highest BCUT2D eigenvalue weighted by atomic mass is 35.5. The van der Waals surface area contributed by atoms with E-state index in [9.17, 15) is 9.59 Å². The second-order valence-electron chi connectivity index (χ2n) is 7.79.